The molecule has 34 heavy (non-hydrogen) atoms. The van der Waals surface area contributed by atoms with Crippen molar-refractivity contribution in [3.8, 4) is 5.75 Å². The van der Waals surface area contributed by atoms with E-state index in [1.807, 2.05) is 5.32 Å². The highest BCUT2D eigenvalue weighted by atomic mass is 16.5. The highest BCUT2D eigenvalue weighted by Crippen LogP contribution is 2.17. The molecule has 1 rings (SSSR count). The van der Waals surface area contributed by atoms with Crippen LogP contribution in [0.4, 0.5) is 0 Å². The van der Waals surface area contributed by atoms with Gasteiger partial charge in [-0.1, -0.05) is 59.7 Å². The van der Waals surface area contributed by atoms with Crippen LogP contribution < -0.4 is 20.5 Å². The Labute approximate surface area is 199 Å². The molecule has 0 aliphatic carbocycles. The lowest BCUT2D eigenvalue weighted by Gasteiger charge is -2.33. The van der Waals surface area contributed by atoms with Crippen molar-refractivity contribution in [1.29, 1.82) is 0 Å². The van der Waals surface area contributed by atoms with Crippen LogP contribution in [0.5, 0.6) is 5.75 Å². The minimum atomic E-state index is -2.50. The zero-order valence-corrected chi connectivity index (χ0v) is 20.3. The fourth-order valence-electron chi connectivity index (χ4n) is 2.66. The summed E-state index contributed by atoms with van der Waals surface area (Å²) < 4.78 is 5.47. The number of ether oxygens (including phenoxy) is 1. The van der Waals surface area contributed by atoms with Crippen molar-refractivity contribution in [3.05, 3.63) is 30.3 Å². The van der Waals surface area contributed by atoms with Gasteiger partial charge in [0.1, 0.15) is 11.9 Å². The van der Waals surface area contributed by atoms with E-state index in [4.69, 9.17) is 4.74 Å². The maximum Gasteiger partial charge on any atom is 0.270 e. The van der Waals surface area contributed by atoms with E-state index in [1.54, 1.807) is 59.7 Å². The van der Waals surface area contributed by atoms with Gasteiger partial charge >= 0.3 is 0 Å². The Morgan fingerprint density at radius 2 is 1.18 bits per heavy atom. The van der Waals surface area contributed by atoms with Crippen molar-refractivity contribution < 1.29 is 39.2 Å². The van der Waals surface area contributed by atoms with Crippen LogP contribution in [-0.4, -0.2) is 58.3 Å². The summed E-state index contributed by atoms with van der Waals surface area (Å²) >= 11 is 0. The van der Waals surface area contributed by atoms with Crippen LogP contribution in [0.2, 0.25) is 0 Å². The molecule has 0 aromatic heterocycles. The molecule has 0 bridgehead atoms. The smallest absolute Gasteiger partial charge is 0.270 e. The normalized spacial score (nSPS) is 16.7. The molecule has 0 aliphatic rings. The number of amides is 4. The van der Waals surface area contributed by atoms with Crippen LogP contribution in [0, 0.1) is 23.7 Å². The first-order valence-corrected chi connectivity index (χ1v) is 11.2. The summed E-state index contributed by atoms with van der Waals surface area (Å²) in [6.45, 7) is 10.3. The predicted octanol–water partition coefficient (Wildman–Crippen LogP) is -0.245. The van der Waals surface area contributed by atoms with Crippen molar-refractivity contribution in [2.24, 2.45) is 23.7 Å². The first kappa shape index (κ1) is 29.2. The molecule has 0 spiro atoms. The number of hydrogen-bond donors (Lipinski definition) is 4. The molecule has 10 heteroatoms. The Balaban J connectivity index is 3.05. The molecule has 1 aromatic rings. The van der Waals surface area contributed by atoms with Gasteiger partial charge in [-0.15, -0.1) is 0 Å². The van der Waals surface area contributed by atoms with Gasteiger partial charge in [0.2, 0.25) is 23.8 Å². The van der Waals surface area contributed by atoms with Gasteiger partial charge in [-0.25, -0.2) is 0 Å². The summed E-state index contributed by atoms with van der Waals surface area (Å²) in [5.74, 6) is -4.98. The third-order valence-corrected chi connectivity index (χ3v) is 5.81. The lowest BCUT2D eigenvalue weighted by Crippen LogP contribution is -2.61. The first-order valence-electron chi connectivity index (χ1n) is 11.2. The fraction of sp³-hybridized carbons (Fsp3) is 0.583. The van der Waals surface area contributed by atoms with Crippen molar-refractivity contribution >= 4 is 23.6 Å². The van der Waals surface area contributed by atoms with Crippen LogP contribution in [0.1, 0.15) is 41.5 Å². The molecule has 6 atom stereocenters. The maximum atomic E-state index is 12.8. The van der Waals surface area contributed by atoms with E-state index in [9.17, 15) is 34.5 Å². The quantitative estimate of drug-likeness (QED) is 0.337. The van der Waals surface area contributed by atoms with Crippen LogP contribution in [0.15, 0.2) is 30.3 Å². The monoisotopic (exact) mass is 479 g/mol. The van der Waals surface area contributed by atoms with Gasteiger partial charge in [0.05, 0.1) is 6.10 Å². The summed E-state index contributed by atoms with van der Waals surface area (Å²) in [4.78, 5) is 49.4. The molecule has 0 radical (unpaired) electrons. The van der Waals surface area contributed by atoms with Gasteiger partial charge in [0, 0.05) is 11.8 Å². The number of benzene rings is 1. The minimum absolute atomic E-state index is 0.0858. The second kappa shape index (κ2) is 13.2. The van der Waals surface area contributed by atoms with Gasteiger partial charge in [-0.2, -0.15) is 0 Å². The highest BCUT2D eigenvalue weighted by Gasteiger charge is 2.38. The standard InChI is InChI=1S/C24H35N2O8/c1-12(2)14(5)21(30)25-23(32)19(29)17(27)18(28)20(34-16-10-8-7-9-11-16)24(33)26-22(31)15(6)13(3)4/h7-15,17-20,27-28H,1-6H3,(H,25,30,32)(H,26,31,33)/q-1/t14-,15-,17-,18-,19+,20+/m0/s1. The topological polar surface area (TPSA) is 165 Å². The second-order valence-electron chi connectivity index (χ2n) is 9.03. The molecule has 0 saturated carbocycles. The largest absolute Gasteiger partial charge is 0.843 e. The van der Waals surface area contributed by atoms with Crippen LogP contribution in [0.25, 0.3) is 0 Å². The van der Waals surface area contributed by atoms with E-state index in [0.29, 0.717) is 0 Å². The Kier molecular flexibility index (Phi) is 11.3. The van der Waals surface area contributed by atoms with Crippen LogP contribution in [0.3, 0.4) is 0 Å². The fourth-order valence-corrected chi connectivity index (χ4v) is 2.66. The number of aliphatic hydroxyl groups excluding tert-OH is 2. The number of carbonyl (C=O) groups is 4. The van der Waals surface area contributed by atoms with E-state index in [1.165, 1.54) is 12.1 Å². The molecule has 10 nitrogen and oxygen atoms in total. The number of para-hydroxylation sites is 1. The van der Waals surface area contributed by atoms with Crippen LogP contribution >= 0.6 is 0 Å². The second-order valence-corrected chi connectivity index (χ2v) is 9.03. The number of hydrogen-bond acceptors (Lipinski definition) is 8. The van der Waals surface area contributed by atoms with Crippen LogP contribution in [-0.2, 0) is 19.2 Å². The molecule has 0 unspecified atom stereocenters. The lowest BCUT2D eigenvalue weighted by molar-refractivity contribution is -0.426. The van der Waals surface area contributed by atoms with Crippen molar-refractivity contribution in [1.82, 2.24) is 10.6 Å². The van der Waals surface area contributed by atoms with Crippen molar-refractivity contribution in [2.45, 2.75) is 66.0 Å². The molecule has 190 valence electrons. The molecule has 0 saturated heterocycles. The molecule has 0 heterocycles. The maximum absolute atomic E-state index is 12.8. The summed E-state index contributed by atoms with van der Waals surface area (Å²) in [6, 6.07) is 7.78. The van der Waals surface area contributed by atoms with E-state index in [0.717, 1.165) is 0 Å². The third-order valence-electron chi connectivity index (χ3n) is 5.81. The number of rotatable bonds is 11. The number of imide groups is 2. The predicted molar refractivity (Wildman–Crippen MR) is 121 cm³/mol. The zero-order valence-electron chi connectivity index (χ0n) is 20.3. The SMILES string of the molecule is CC(C)[C@H](C)C(=O)NC(=O)[C@H]([O-])[C@@H](O)[C@H](O)[C@@H](Oc1ccccc1)C(=O)NC(=O)[C@@H](C)C(C)C. The average Bonchev–Trinajstić information content (AvgIpc) is 2.80. The summed E-state index contributed by atoms with van der Waals surface area (Å²) in [5.41, 5.74) is 0. The third kappa shape index (κ3) is 8.19. The molecule has 1 aromatic carbocycles. The molecule has 0 fully saturated rings. The summed E-state index contributed by atoms with van der Waals surface area (Å²) in [6.07, 6.45) is -8.90. The minimum Gasteiger partial charge on any atom is -0.843 e. The van der Waals surface area contributed by atoms with Gasteiger partial charge in [-0.05, 0) is 30.1 Å². The molecule has 4 amide bonds. The first-order chi connectivity index (χ1) is 15.8. The van der Waals surface area contributed by atoms with Gasteiger partial charge in [0.15, 0.2) is 0 Å². The summed E-state index contributed by atoms with van der Waals surface area (Å²) in [7, 11) is 0. The Bertz CT molecular complexity index is 843. The van der Waals surface area contributed by atoms with Crippen molar-refractivity contribution in [2.75, 3.05) is 0 Å². The van der Waals surface area contributed by atoms with E-state index >= 15 is 0 Å². The number of aliphatic hydroxyl groups is 2. The Morgan fingerprint density at radius 3 is 1.62 bits per heavy atom. The molecular formula is C24H35N2O8-. The average molecular weight is 480 g/mol. The van der Waals surface area contributed by atoms with Crippen molar-refractivity contribution in [3.63, 3.8) is 0 Å². The zero-order chi connectivity index (χ0) is 26.2. The molecule has 0 aliphatic heterocycles. The number of nitrogens with one attached hydrogen (secondary N) is 2. The van der Waals surface area contributed by atoms with E-state index in [-0.39, 0.29) is 17.6 Å². The molecular weight excluding hydrogens is 444 g/mol. The van der Waals surface area contributed by atoms with Gasteiger partial charge < -0.3 is 20.1 Å². The number of carbonyl (C=O) groups excluding carboxylic acids is 4. The van der Waals surface area contributed by atoms with Gasteiger partial charge in [-0.3, -0.25) is 29.8 Å². The van der Waals surface area contributed by atoms with Gasteiger partial charge in [0.25, 0.3) is 5.91 Å². The molecule has 4 N–H and O–H groups in total. The Morgan fingerprint density at radius 1 is 0.735 bits per heavy atom. The lowest BCUT2D eigenvalue weighted by atomic mass is 9.96. The summed E-state index contributed by atoms with van der Waals surface area (Å²) in [5, 5.41) is 37.5. The Hall–Kier alpha value is -2.82. The van der Waals surface area contributed by atoms with E-state index in [2.05, 4.69) is 5.32 Å². The van der Waals surface area contributed by atoms with E-state index < -0.39 is 59.9 Å². The highest BCUT2D eigenvalue weighted by molar-refractivity contribution is 5.99.